The molecular formula is C72H69P. The van der Waals surface area contributed by atoms with Gasteiger partial charge in [-0.25, -0.2) is 0 Å². The highest BCUT2D eigenvalue weighted by Gasteiger charge is 2.20. The number of hydrogen-bond acceptors (Lipinski definition) is 0. The highest BCUT2D eigenvalue weighted by Crippen LogP contribution is 2.38. The van der Waals surface area contributed by atoms with Crippen molar-refractivity contribution in [2.75, 3.05) is 0 Å². The molecule has 1 heteroatoms. The van der Waals surface area contributed by atoms with E-state index >= 15 is 0 Å². The van der Waals surface area contributed by atoms with Gasteiger partial charge in [-0.05, 0) is 225 Å². The Morgan fingerprint density at radius 1 is 0.233 bits per heavy atom. The lowest BCUT2D eigenvalue weighted by Crippen LogP contribution is -2.20. The van der Waals surface area contributed by atoms with E-state index in [1.54, 1.807) is 0 Å². The summed E-state index contributed by atoms with van der Waals surface area (Å²) in [4.78, 5) is 0. The molecule has 0 heterocycles. The van der Waals surface area contributed by atoms with Gasteiger partial charge in [0.25, 0.3) is 0 Å². The SMILES string of the molecule is Cc1ccc(C)c(C(=Cc2ccc(P(c3ccc(C=C(c4cc(C)ccc4C)c4cc(C)ccc4C)cc3)c3ccc(C=C(c4cc(C)ccc4C)c4cc(C)ccc4C)cc3)cc2)c2cc(C)ccc2C)c1. The summed E-state index contributed by atoms with van der Waals surface area (Å²) in [6.07, 6.45) is 7.18. The molecule has 0 atom stereocenters. The van der Waals surface area contributed by atoms with Crippen LogP contribution in [0, 0.1) is 83.1 Å². The van der Waals surface area contributed by atoms with Crippen molar-refractivity contribution in [3.8, 4) is 0 Å². The summed E-state index contributed by atoms with van der Waals surface area (Å²) < 4.78 is 0. The van der Waals surface area contributed by atoms with E-state index in [0.717, 1.165) is 0 Å². The Balaban J connectivity index is 1.17. The van der Waals surface area contributed by atoms with E-state index < -0.39 is 7.92 Å². The Hall–Kier alpha value is -7.37. The van der Waals surface area contributed by atoms with Crippen LogP contribution in [0.5, 0.6) is 0 Å². The van der Waals surface area contributed by atoms with Gasteiger partial charge in [-0.1, -0.05) is 215 Å². The van der Waals surface area contributed by atoms with Gasteiger partial charge in [0.15, 0.2) is 0 Å². The molecular weight excluding hydrogens is 896 g/mol. The molecule has 0 saturated heterocycles. The lowest BCUT2D eigenvalue weighted by Gasteiger charge is -2.21. The van der Waals surface area contributed by atoms with Gasteiger partial charge in [-0.15, -0.1) is 0 Å². The predicted molar refractivity (Wildman–Crippen MR) is 322 cm³/mol. The molecule has 9 aromatic carbocycles. The molecule has 0 amide bonds. The molecule has 9 aromatic rings. The molecule has 9 rings (SSSR count). The molecule has 0 fully saturated rings. The summed E-state index contributed by atoms with van der Waals surface area (Å²) in [6, 6.07) is 69.1. The standard InChI is InChI=1S/C72H69P/c1-46-13-19-52(7)64(37-46)70(65-38-47(2)14-20-53(65)8)43-58-25-31-61(32-26-58)73(62-33-27-59(28-34-62)44-71(66-39-48(3)15-21-54(66)9)67-40-49(4)16-22-55(67)10)63-35-29-60(30-36-63)45-72(68-41-50(5)17-23-56(68)11)69-42-51(6)18-24-57(69)12/h13-45H,1-12H3. The Bertz CT molecular complexity index is 3050. The fourth-order valence-corrected chi connectivity index (χ4v) is 12.4. The molecule has 0 N–H and O–H groups in total. The molecule has 0 radical (unpaired) electrons. The number of rotatable bonds is 12. The van der Waals surface area contributed by atoms with Crippen LogP contribution in [0.4, 0.5) is 0 Å². The zero-order valence-electron chi connectivity index (χ0n) is 45.0. The van der Waals surface area contributed by atoms with E-state index in [2.05, 4.69) is 283 Å². The van der Waals surface area contributed by atoms with E-state index in [-0.39, 0.29) is 0 Å². The predicted octanol–water partition coefficient (Wildman–Crippen LogP) is 17.9. The molecule has 0 nitrogen and oxygen atoms in total. The van der Waals surface area contributed by atoms with Gasteiger partial charge < -0.3 is 0 Å². The van der Waals surface area contributed by atoms with Crippen molar-refractivity contribution in [1.29, 1.82) is 0 Å². The smallest absolute Gasteiger partial charge is 0.01000 e. The van der Waals surface area contributed by atoms with E-state index in [0.29, 0.717) is 0 Å². The van der Waals surface area contributed by atoms with Crippen LogP contribution < -0.4 is 15.9 Å². The van der Waals surface area contributed by atoms with Crippen LogP contribution in [0.2, 0.25) is 0 Å². The largest absolute Gasteiger partial charge is 0.0590 e. The van der Waals surface area contributed by atoms with Crippen LogP contribution >= 0.6 is 7.92 Å². The van der Waals surface area contributed by atoms with Crippen LogP contribution in [0.25, 0.3) is 34.9 Å². The van der Waals surface area contributed by atoms with Gasteiger partial charge in [0.05, 0.1) is 0 Å². The first-order chi connectivity index (χ1) is 35.1. The maximum atomic E-state index is 2.39. The Morgan fingerprint density at radius 3 is 0.589 bits per heavy atom. The average Bonchev–Trinajstić information content (AvgIpc) is 3.38. The minimum absolute atomic E-state index is 0.926. The van der Waals surface area contributed by atoms with E-state index in [4.69, 9.17) is 0 Å². The van der Waals surface area contributed by atoms with Gasteiger partial charge in [-0.2, -0.15) is 0 Å². The zero-order valence-corrected chi connectivity index (χ0v) is 45.9. The van der Waals surface area contributed by atoms with Gasteiger partial charge in [0.2, 0.25) is 0 Å². The first kappa shape index (κ1) is 50.6. The summed E-state index contributed by atoms with van der Waals surface area (Å²) >= 11 is 0. The molecule has 0 aliphatic rings. The third-order valence-corrected chi connectivity index (χ3v) is 16.9. The Morgan fingerprint density at radius 2 is 0.411 bits per heavy atom. The van der Waals surface area contributed by atoms with Crippen molar-refractivity contribution < 1.29 is 0 Å². The van der Waals surface area contributed by atoms with Crippen molar-refractivity contribution in [3.05, 3.63) is 299 Å². The van der Waals surface area contributed by atoms with Crippen LogP contribution in [0.3, 0.4) is 0 Å². The number of hydrogen-bond donors (Lipinski definition) is 0. The highest BCUT2D eigenvalue weighted by molar-refractivity contribution is 7.79. The van der Waals surface area contributed by atoms with Crippen molar-refractivity contribution in [3.63, 3.8) is 0 Å². The second-order valence-corrected chi connectivity index (χ2v) is 22.9. The second kappa shape index (κ2) is 21.8. The summed E-state index contributed by atoms with van der Waals surface area (Å²) in [5.74, 6) is 0. The second-order valence-electron chi connectivity index (χ2n) is 20.7. The van der Waals surface area contributed by atoms with Gasteiger partial charge >= 0.3 is 0 Å². The van der Waals surface area contributed by atoms with Gasteiger partial charge in [0.1, 0.15) is 0 Å². The normalized spacial score (nSPS) is 11.1. The summed E-state index contributed by atoms with van der Waals surface area (Å²) in [5.41, 5.74) is 30.2. The molecule has 0 aliphatic carbocycles. The molecule has 73 heavy (non-hydrogen) atoms. The van der Waals surface area contributed by atoms with Gasteiger partial charge in [0, 0.05) is 0 Å². The van der Waals surface area contributed by atoms with Crippen molar-refractivity contribution >= 4 is 58.8 Å². The highest BCUT2D eigenvalue weighted by atomic mass is 31.1. The third-order valence-electron chi connectivity index (χ3n) is 14.5. The molecule has 0 unspecified atom stereocenters. The third kappa shape index (κ3) is 11.5. The van der Waals surface area contributed by atoms with Crippen molar-refractivity contribution in [2.45, 2.75) is 83.1 Å². The topological polar surface area (TPSA) is 0 Å². The minimum atomic E-state index is -0.926. The van der Waals surface area contributed by atoms with Crippen LogP contribution in [-0.2, 0) is 0 Å². The van der Waals surface area contributed by atoms with Crippen LogP contribution in [-0.4, -0.2) is 0 Å². The Labute approximate surface area is 438 Å². The van der Waals surface area contributed by atoms with Crippen LogP contribution in [0.1, 0.15) is 117 Å². The summed E-state index contributed by atoms with van der Waals surface area (Å²) in [6.45, 7) is 26.5. The van der Waals surface area contributed by atoms with E-state index in [1.165, 1.54) is 149 Å². The van der Waals surface area contributed by atoms with Crippen molar-refractivity contribution in [1.82, 2.24) is 0 Å². The molecule has 0 aliphatic heterocycles. The maximum absolute atomic E-state index is 2.39. The van der Waals surface area contributed by atoms with Crippen LogP contribution in [0.15, 0.2) is 182 Å². The summed E-state index contributed by atoms with van der Waals surface area (Å²) in [5, 5.41) is 3.95. The fraction of sp³-hybridized carbons (Fsp3) is 0.167. The number of benzene rings is 9. The van der Waals surface area contributed by atoms with Crippen molar-refractivity contribution in [2.24, 2.45) is 0 Å². The summed E-state index contributed by atoms with van der Waals surface area (Å²) in [7, 11) is -0.926. The Kier molecular flexibility index (Phi) is 15.1. The quantitative estimate of drug-likeness (QED) is 0.0845. The monoisotopic (exact) mass is 965 g/mol. The molecule has 362 valence electrons. The first-order valence-electron chi connectivity index (χ1n) is 25.8. The molecule has 0 spiro atoms. The molecule has 0 saturated carbocycles. The van der Waals surface area contributed by atoms with Gasteiger partial charge in [-0.3, -0.25) is 0 Å². The minimum Gasteiger partial charge on any atom is -0.0590 e. The maximum Gasteiger partial charge on any atom is -0.01000 e. The molecule has 0 bridgehead atoms. The van der Waals surface area contributed by atoms with E-state index in [9.17, 15) is 0 Å². The van der Waals surface area contributed by atoms with E-state index in [1.807, 2.05) is 0 Å². The first-order valence-corrected chi connectivity index (χ1v) is 27.1. The fourth-order valence-electron chi connectivity index (χ4n) is 10.2. The molecule has 0 aromatic heterocycles. The average molecular weight is 965 g/mol. The zero-order chi connectivity index (χ0) is 51.5. The number of aryl methyl sites for hydroxylation is 12. The lowest BCUT2D eigenvalue weighted by atomic mass is 9.88. The lowest BCUT2D eigenvalue weighted by molar-refractivity contribution is 1.33.